The number of carbonyl (C=O) groups excluding carboxylic acids is 2. The molecule has 0 aromatic heterocycles. The summed E-state index contributed by atoms with van der Waals surface area (Å²) in [6.07, 6.45) is 6.61. The average molecular weight is 395 g/mol. The maximum absolute atomic E-state index is 13.8. The average Bonchev–Trinajstić information content (AvgIpc) is 2.71. The lowest BCUT2D eigenvalue weighted by Crippen LogP contribution is -2.48. The topological polar surface area (TPSA) is 79.8 Å². The van der Waals surface area contributed by atoms with Gasteiger partial charge in [-0.1, -0.05) is 44.0 Å². The second-order valence-electron chi connectivity index (χ2n) is 6.44. The van der Waals surface area contributed by atoms with Gasteiger partial charge in [-0.2, -0.15) is 5.10 Å². The summed E-state index contributed by atoms with van der Waals surface area (Å²) < 4.78 is 19.2. The van der Waals surface area contributed by atoms with Crippen LogP contribution < -0.4 is 15.5 Å². The highest BCUT2D eigenvalue weighted by Gasteiger charge is 2.25. The molecule has 0 heterocycles. The van der Waals surface area contributed by atoms with Crippen LogP contribution in [-0.2, 0) is 4.79 Å². The molecule has 29 heavy (non-hydrogen) atoms. The first-order valence-electron chi connectivity index (χ1n) is 8.97. The Morgan fingerprint density at radius 3 is 2.59 bits per heavy atom. The van der Waals surface area contributed by atoms with Gasteiger partial charge in [0.1, 0.15) is 24.2 Å². The van der Waals surface area contributed by atoms with Crippen LogP contribution in [0, 0.1) is 24.1 Å². The van der Waals surface area contributed by atoms with Crippen LogP contribution in [0.25, 0.3) is 0 Å². The van der Waals surface area contributed by atoms with Crippen molar-refractivity contribution < 1.29 is 18.7 Å². The zero-order chi connectivity index (χ0) is 21.2. The number of carbonyl (C=O) groups is 2. The molecule has 0 aliphatic rings. The zero-order valence-corrected chi connectivity index (χ0v) is 16.2. The number of para-hydroxylation sites is 1. The molecule has 1 unspecified atom stereocenters. The first-order valence-corrected chi connectivity index (χ1v) is 8.97. The maximum atomic E-state index is 13.8. The number of ether oxygens (including phenoxy) is 1. The van der Waals surface area contributed by atoms with Crippen LogP contribution in [0.1, 0.15) is 29.8 Å². The maximum Gasteiger partial charge on any atom is 0.262 e. The summed E-state index contributed by atoms with van der Waals surface area (Å²) in [5, 5.41) is 6.48. The fourth-order valence-corrected chi connectivity index (χ4v) is 2.47. The summed E-state index contributed by atoms with van der Waals surface area (Å²) in [4.78, 5) is 24.8. The van der Waals surface area contributed by atoms with Gasteiger partial charge in [-0.15, -0.1) is 6.42 Å². The Kier molecular flexibility index (Phi) is 7.92. The highest BCUT2D eigenvalue weighted by molar-refractivity contribution is 5.98. The number of nitrogens with one attached hydrogen (secondary N) is 2. The Morgan fingerprint density at radius 1 is 1.21 bits per heavy atom. The number of rotatable bonds is 8. The monoisotopic (exact) mass is 395 g/mol. The van der Waals surface area contributed by atoms with Crippen molar-refractivity contribution in [3.8, 4) is 18.1 Å². The SMILES string of the molecule is C#CCOc1ccccc1/C=N/NC(=O)C(NC(=O)c1ccccc1F)C(C)C. The van der Waals surface area contributed by atoms with Gasteiger partial charge in [-0.05, 0) is 30.2 Å². The zero-order valence-electron chi connectivity index (χ0n) is 16.2. The summed E-state index contributed by atoms with van der Waals surface area (Å²) in [7, 11) is 0. The Balaban J connectivity index is 2.05. The van der Waals surface area contributed by atoms with Crippen LogP contribution in [0.2, 0.25) is 0 Å². The molecule has 6 nitrogen and oxygen atoms in total. The van der Waals surface area contributed by atoms with Crippen molar-refractivity contribution in [1.82, 2.24) is 10.7 Å². The fourth-order valence-electron chi connectivity index (χ4n) is 2.47. The van der Waals surface area contributed by atoms with Gasteiger partial charge in [-0.25, -0.2) is 9.82 Å². The minimum absolute atomic E-state index is 0.106. The van der Waals surface area contributed by atoms with Gasteiger partial charge in [0, 0.05) is 5.56 Å². The molecule has 0 spiro atoms. The molecule has 0 fully saturated rings. The van der Waals surface area contributed by atoms with E-state index in [1.54, 1.807) is 44.2 Å². The standard InChI is InChI=1S/C22H22FN3O3/c1-4-13-29-19-12-8-5-9-16(19)14-24-26-22(28)20(15(2)3)25-21(27)17-10-6-7-11-18(17)23/h1,5-12,14-15,20H,13H2,2-3H3,(H,25,27)(H,26,28)/b24-14+. The van der Waals surface area contributed by atoms with E-state index in [4.69, 9.17) is 11.2 Å². The number of halogens is 1. The Bertz CT molecular complexity index is 935. The lowest BCUT2D eigenvalue weighted by atomic mass is 10.0. The highest BCUT2D eigenvalue weighted by atomic mass is 19.1. The molecule has 0 bridgehead atoms. The van der Waals surface area contributed by atoms with Gasteiger partial charge in [-0.3, -0.25) is 9.59 Å². The fraction of sp³-hybridized carbons (Fsp3) is 0.227. The van der Waals surface area contributed by atoms with Crippen molar-refractivity contribution in [2.45, 2.75) is 19.9 Å². The number of amides is 2. The number of hydrogen-bond acceptors (Lipinski definition) is 4. The van der Waals surface area contributed by atoms with E-state index in [0.717, 1.165) is 0 Å². The molecule has 0 aliphatic heterocycles. The molecule has 2 aromatic carbocycles. The first-order chi connectivity index (χ1) is 13.9. The van der Waals surface area contributed by atoms with E-state index < -0.39 is 23.7 Å². The number of benzene rings is 2. The lowest BCUT2D eigenvalue weighted by Gasteiger charge is -2.20. The Hall–Kier alpha value is -3.66. The van der Waals surface area contributed by atoms with Crippen LogP contribution in [-0.4, -0.2) is 30.7 Å². The van der Waals surface area contributed by atoms with Crippen LogP contribution in [0.5, 0.6) is 5.75 Å². The predicted molar refractivity (Wildman–Crippen MR) is 109 cm³/mol. The van der Waals surface area contributed by atoms with Crippen molar-refractivity contribution >= 4 is 18.0 Å². The van der Waals surface area contributed by atoms with Crippen molar-refractivity contribution in [1.29, 1.82) is 0 Å². The Labute approximate surface area is 169 Å². The van der Waals surface area contributed by atoms with E-state index in [9.17, 15) is 14.0 Å². The van der Waals surface area contributed by atoms with Gasteiger partial charge in [0.2, 0.25) is 0 Å². The van der Waals surface area contributed by atoms with E-state index >= 15 is 0 Å². The Morgan fingerprint density at radius 2 is 1.90 bits per heavy atom. The summed E-state index contributed by atoms with van der Waals surface area (Å²) in [5.41, 5.74) is 2.89. The molecular formula is C22H22FN3O3. The van der Waals surface area contributed by atoms with E-state index in [0.29, 0.717) is 11.3 Å². The van der Waals surface area contributed by atoms with Gasteiger partial charge in [0.15, 0.2) is 0 Å². The minimum Gasteiger partial charge on any atom is -0.480 e. The molecular weight excluding hydrogens is 373 g/mol. The molecule has 0 saturated heterocycles. The highest BCUT2D eigenvalue weighted by Crippen LogP contribution is 2.15. The molecule has 2 rings (SSSR count). The van der Waals surface area contributed by atoms with Crippen molar-refractivity contribution in [2.75, 3.05) is 6.61 Å². The lowest BCUT2D eigenvalue weighted by molar-refractivity contribution is -0.123. The van der Waals surface area contributed by atoms with E-state index in [-0.39, 0.29) is 18.1 Å². The van der Waals surface area contributed by atoms with Crippen LogP contribution in [0.3, 0.4) is 0 Å². The molecule has 2 amide bonds. The summed E-state index contributed by atoms with van der Waals surface area (Å²) in [6.45, 7) is 3.63. The summed E-state index contributed by atoms with van der Waals surface area (Å²) in [6, 6.07) is 11.7. The van der Waals surface area contributed by atoms with Crippen molar-refractivity contribution in [3.05, 3.63) is 65.5 Å². The van der Waals surface area contributed by atoms with Gasteiger partial charge in [0.25, 0.3) is 11.8 Å². The molecule has 2 aromatic rings. The second kappa shape index (κ2) is 10.6. The van der Waals surface area contributed by atoms with Crippen molar-refractivity contribution in [2.24, 2.45) is 11.0 Å². The van der Waals surface area contributed by atoms with Gasteiger partial charge >= 0.3 is 0 Å². The van der Waals surface area contributed by atoms with Crippen LogP contribution in [0.4, 0.5) is 4.39 Å². The molecule has 7 heteroatoms. The number of hydrazone groups is 1. The predicted octanol–water partition coefficient (Wildman–Crippen LogP) is 2.74. The minimum atomic E-state index is -0.896. The molecule has 2 N–H and O–H groups in total. The molecule has 0 radical (unpaired) electrons. The summed E-state index contributed by atoms with van der Waals surface area (Å²) in [5.74, 6) is 0.804. The normalized spacial score (nSPS) is 11.7. The van der Waals surface area contributed by atoms with Crippen LogP contribution in [0.15, 0.2) is 53.6 Å². The molecule has 0 aliphatic carbocycles. The first kappa shape index (κ1) is 21.6. The molecule has 1 atom stereocenters. The van der Waals surface area contributed by atoms with E-state index in [2.05, 4.69) is 21.8 Å². The molecule has 0 saturated carbocycles. The third-order valence-electron chi connectivity index (χ3n) is 3.96. The summed E-state index contributed by atoms with van der Waals surface area (Å²) >= 11 is 0. The van der Waals surface area contributed by atoms with E-state index in [1.165, 1.54) is 24.4 Å². The number of nitrogens with zero attached hydrogens (tertiary/aromatic N) is 1. The van der Waals surface area contributed by atoms with Crippen LogP contribution >= 0.6 is 0 Å². The third kappa shape index (κ3) is 6.18. The quantitative estimate of drug-likeness (QED) is 0.410. The van der Waals surface area contributed by atoms with Gasteiger partial charge < -0.3 is 10.1 Å². The van der Waals surface area contributed by atoms with Gasteiger partial charge in [0.05, 0.1) is 11.8 Å². The largest absolute Gasteiger partial charge is 0.480 e. The second-order valence-corrected chi connectivity index (χ2v) is 6.44. The third-order valence-corrected chi connectivity index (χ3v) is 3.96. The molecule has 150 valence electrons. The van der Waals surface area contributed by atoms with E-state index in [1.807, 2.05) is 0 Å². The smallest absolute Gasteiger partial charge is 0.262 e. The van der Waals surface area contributed by atoms with Crippen molar-refractivity contribution in [3.63, 3.8) is 0 Å². The number of terminal acetylenes is 1. The number of hydrogen-bond donors (Lipinski definition) is 2.